The lowest BCUT2D eigenvalue weighted by Crippen LogP contribution is -2.32. The summed E-state index contributed by atoms with van der Waals surface area (Å²) in [6.07, 6.45) is 1.68. The maximum Gasteiger partial charge on any atom is 0.313 e. The van der Waals surface area contributed by atoms with Crippen molar-refractivity contribution in [2.24, 2.45) is 0 Å². The van der Waals surface area contributed by atoms with Crippen LogP contribution in [0, 0.1) is 0 Å². The van der Waals surface area contributed by atoms with Crippen molar-refractivity contribution >= 4 is 17.7 Å². The van der Waals surface area contributed by atoms with Gasteiger partial charge in [0, 0.05) is 13.0 Å². The molecule has 1 aliphatic rings. The van der Waals surface area contributed by atoms with Crippen molar-refractivity contribution in [3.8, 4) is 0 Å². The fourth-order valence-electron chi connectivity index (χ4n) is 2.12. The number of rotatable bonds is 5. The summed E-state index contributed by atoms with van der Waals surface area (Å²) in [6, 6.07) is 0. The predicted octanol–water partition coefficient (Wildman–Crippen LogP) is 1.15. The standard InChI is InChI=1S/C11H17N3O3S/c1-3-8-12-13-10(18-6-9(15)16)14(8)11(2)4-5-17-7-11/h3-7H2,1-2H3,(H,15,16). The summed E-state index contributed by atoms with van der Waals surface area (Å²) in [4.78, 5) is 10.7. The van der Waals surface area contributed by atoms with E-state index in [9.17, 15) is 4.79 Å². The molecular weight excluding hydrogens is 254 g/mol. The molecule has 1 unspecified atom stereocenters. The predicted molar refractivity (Wildman–Crippen MR) is 66.8 cm³/mol. The van der Waals surface area contributed by atoms with Crippen LogP contribution in [0.2, 0.25) is 0 Å². The Hall–Kier alpha value is -1.08. The molecule has 7 heteroatoms. The normalized spacial score (nSPS) is 23.4. The highest BCUT2D eigenvalue weighted by atomic mass is 32.2. The molecule has 1 aliphatic heterocycles. The van der Waals surface area contributed by atoms with Gasteiger partial charge in [-0.25, -0.2) is 0 Å². The highest BCUT2D eigenvalue weighted by Gasteiger charge is 2.35. The molecule has 0 amide bonds. The Bertz CT molecular complexity index is 441. The van der Waals surface area contributed by atoms with E-state index in [1.165, 1.54) is 11.8 Å². The van der Waals surface area contributed by atoms with Gasteiger partial charge in [0.1, 0.15) is 5.82 Å². The number of nitrogens with zero attached hydrogens (tertiary/aromatic N) is 3. The van der Waals surface area contributed by atoms with Crippen molar-refractivity contribution in [1.29, 1.82) is 0 Å². The molecule has 0 aliphatic carbocycles. The van der Waals surface area contributed by atoms with Crippen LogP contribution in [0.15, 0.2) is 5.16 Å². The SMILES string of the molecule is CCc1nnc(SCC(=O)O)n1C1(C)CCOC1. The van der Waals surface area contributed by atoms with Gasteiger partial charge in [0.25, 0.3) is 0 Å². The summed E-state index contributed by atoms with van der Waals surface area (Å²) in [5, 5.41) is 17.7. The molecule has 2 heterocycles. The van der Waals surface area contributed by atoms with Crippen molar-refractivity contribution in [2.75, 3.05) is 19.0 Å². The maximum absolute atomic E-state index is 10.7. The summed E-state index contributed by atoms with van der Waals surface area (Å²) < 4.78 is 7.51. The zero-order chi connectivity index (χ0) is 13.2. The van der Waals surface area contributed by atoms with E-state index in [-0.39, 0.29) is 11.3 Å². The van der Waals surface area contributed by atoms with Gasteiger partial charge in [0.2, 0.25) is 0 Å². The molecule has 0 saturated carbocycles. The third-order valence-corrected chi connectivity index (χ3v) is 3.99. The molecule has 0 radical (unpaired) electrons. The minimum Gasteiger partial charge on any atom is -0.481 e. The zero-order valence-electron chi connectivity index (χ0n) is 10.5. The van der Waals surface area contributed by atoms with E-state index in [1.807, 2.05) is 11.5 Å². The molecule has 1 aromatic rings. The number of carboxylic acid groups (broad SMARTS) is 1. The molecule has 1 N–H and O–H groups in total. The van der Waals surface area contributed by atoms with Crippen LogP contribution in [-0.4, -0.2) is 44.8 Å². The Morgan fingerprint density at radius 2 is 2.39 bits per heavy atom. The third-order valence-electron chi connectivity index (χ3n) is 3.08. The Labute approximate surface area is 110 Å². The van der Waals surface area contributed by atoms with Gasteiger partial charge in [-0.1, -0.05) is 18.7 Å². The number of hydrogen-bond acceptors (Lipinski definition) is 5. The number of aromatic nitrogens is 3. The van der Waals surface area contributed by atoms with Crippen LogP contribution in [0.3, 0.4) is 0 Å². The van der Waals surface area contributed by atoms with Crippen LogP contribution in [-0.2, 0) is 21.5 Å². The van der Waals surface area contributed by atoms with Gasteiger partial charge in [-0.05, 0) is 13.3 Å². The van der Waals surface area contributed by atoms with Gasteiger partial charge >= 0.3 is 5.97 Å². The highest BCUT2D eigenvalue weighted by Crippen LogP contribution is 2.32. The lowest BCUT2D eigenvalue weighted by Gasteiger charge is -2.26. The first kappa shape index (κ1) is 13.4. The number of carboxylic acids is 1. The molecule has 0 spiro atoms. The number of thioether (sulfide) groups is 1. The average Bonchev–Trinajstić information content (AvgIpc) is 2.92. The highest BCUT2D eigenvalue weighted by molar-refractivity contribution is 7.99. The Morgan fingerprint density at radius 1 is 1.61 bits per heavy atom. The Balaban J connectivity index is 2.30. The summed E-state index contributed by atoms with van der Waals surface area (Å²) in [5.74, 6) is 0.0370. The monoisotopic (exact) mass is 271 g/mol. The van der Waals surface area contributed by atoms with Crippen molar-refractivity contribution in [1.82, 2.24) is 14.8 Å². The summed E-state index contributed by atoms with van der Waals surface area (Å²) in [6.45, 7) is 5.47. The molecule has 1 fully saturated rings. The molecular formula is C11H17N3O3S. The van der Waals surface area contributed by atoms with E-state index in [1.54, 1.807) is 0 Å². The van der Waals surface area contributed by atoms with Crippen LogP contribution in [0.4, 0.5) is 0 Å². The first-order valence-electron chi connectivity index (χ1n) is 5.94. The number of aryl methyl sites for hydroxylation is 1. The lowest BCUT2D eigenvalue weighted by molar-refractivity contribution is -0.133. The second kappa shape index (κ2) is 5.27. The fraction of sp³-hybridized carbons (Fsp3) is 0.727. The number of hydrogen-bond donors (Lipinski definition) is 1. The molecule has 1 atom stereocenters. The largest absolute Gasteiger partial charge is 0.481 e. The van der Waals surface area contributed by atoms with E-state index in [0.717, 1.165) is 25.3 Å². The van der Waals surface area contributed by atoms with Gasteiger partial charge < -0.3 is 9.84 Å². The summed E-state index contributed by atoms with van der Waals surface area (Å²) in [7, 11) is 0. The summed E-state index contributed by atoms with van der Waals surface area (Å²) in [5.41, 5.74) is -0.157. The van der Waals surface area contributed by atoms with Gasteiger partial charge in [0.15, 0.2) is 5.16 Å². The van der Waals surface area contributed by atoms with Crippen molar-refractivity contribution in [2.45, 2.75) is 37.4 Å². The van der Waals surface area contributed by atoms with E-state index in [4.69, 9.17) is 9.84 Å². The van der Waals surface area contributed by atoms with E-state index in [2.05, 4.69) is 17.1 Å². The maximum atomic E-state index is 10.7. The van der Waals surface area contributed by atoms with Crippen LogP contribution < -0.4 is 0 Å². The first-order chi connectivity index (χ1) is 8.57. The quantitative estimate of drug-likeness (QED) is 0.810. The van der Waals surface area contributed by atoms with Gasteiger partial charge in [-0.15, -0.1) is 10.2 Å². The molecule has 6 nitrogen and oxygen atoms in total. The van der Waals surface area contributed by atoms with E-state index >= 15 is 0 Å². The van der Waals surface area contributed by atoms with Crippen molar-refractivity contribution in [3.63, 3.8) is 0 Å². The Kier molecular flexibility index (Phi) is 3.91. The van der Waals surface area contributed by atoms with Gasteiger partial charge in [0.05, 0.1) is 17.9 Å². The van der Waals surface area contributed by atoms with E-state index < -0.39 is 5.97 Å². The van der Waals surface area contributed by atoms with E-state index in [0.29, 0.717) is 11.8 Å². The second-order valence-electron chi connectivity index (χ2n) is 4.57. The average molecular weight is 271 g/mol. The molecule has 1 aromatic heterocycles. The fourth-order valence-corrected chi connectivity index (χ4v) is 2.93. The zero-order valence-corrected chi connectivity index (χ0v) is 11.4. The molecule has 100 valence electrons. The number of carbonyl (C=O) groups is 1. The van der Waals surface area contributed by atoms with Crippen LogP contribution >= 0.6 is 11.8 Å². The number of aliphatic carboxylic acids is 1. The lowest BCUT2D eigenvalue weighted by atomic mass is 10.0. The Morgan fingerprint density at radius 3 is 2.94 bits per heavy atom. The van der Waals surface area contributed by atoms with Crippen molar-refractivity contribution < 1.29 is 14.6 Å². The third kappa shape index (κ3) is 2.51. The van der Waals surface area contributed by atoms with Gasteiger partial charge in [-0.2, -0.15) is 0 Å². The molecule has 1 saturated heterocycles. The van der Waals surface area contributed by atoms with Crippen LogP contribution in [0.25, 0.3) is 0 Å². The smallest absolute Gasteiger partial charge is 0.313 e. The summed E-state index contributed by atoms with van der Waals surface area (Å²) >= 11 is 1.21. The number of ether oxygens (including phenoxy) is 1. The van der Waals surface area contributed by atoms with Gasteiger partial charge in [-0.3, -0.25) is 9.36 Å². The minimum absolute atomic E-state index is 0.00121. The van der Waals surface area contributed by atoms with Crippen molar-refractivity contribution in [3.05, 3.63) is 5.82 Å². The first-order valence-corrected chi connectivity index (χ1v) is 6.92. The second-order valence-corrected chi connectivity index (χ2v) is 5.51. The molecule has 2 rings (SSSR count). The molecule has 18 heavy (non-hydrogen) atoms. The van der Waals surface area contributed by atoms with Crippen LogP contribution in [0.1, 0.15) is 26.1 Å². The van der Waals surface area contributed by atoms with Crippen LogP contribution in [0.5, 0.6) is 0 Å². The molecule has 0 aromatic carbocycles. The molecule has 0 bridgehead atoms. The minimum atomic E-state index is -0.847. The topological polar surface area (TPSA) is 77.2 Å².